The second kappa shape index (κ2) is 5.28. The van der Waals surface area contributed by atoms with Crippen molar-refractivity contribution >= 4 is 22.6 Å². The molecule has 2 heterocycles. The highest BCUT2D eigenvalue weighted by Crippen LogP contribution is 2.18. The molecule has 1 amide bonds. The maximum absolute atomic E-state index is 12.1. The lowest BCUT2D eigenvalue weighted by Gasteiger charge is -2.07. The molecule has 3 rings (SSSR count). The summed E-state index contributed by atoms with van der Waals surface area (Å²) in [4.78, 5) is 25.0. The predicted octanol–water partition coefficient (Wildman–Crippen LogP) is 2.89. The molecule has 2 aromatic heterocycles. The summed E-state index contributed by atoms with van der Waals surface area (Å²) in [6.45, 7) is 3.85. The Bertz CT molecular complexity index is 815. The molecule has 0 unspecified atom stereocenters. The fourth-order valence-corrected chi connectivity index (χ4v) is 2.01. The van der Waals surface area contributed by atoms with Crippen molar-refractivity contribution in [3.8, 4) is 0 Å². The first-order chi connectivity index (χ1) is 10.1. The third-order valence-corrected chi connectivity index (χ3v) is 3.26. The first-order valence-corrected chi connectivity index (χ1v) is 6.60. The number of carbonyl (C=O) groups is 1. The number of amides is 1. The number of nitrogens with one attached hydrogen (secondary N) is 1. The van der Waals surface area contributed by atoms with Gasteiger partial charge in [0.25, 0.3) is 5.91 Å². The van der Waals surface area contributed by atoms with Gasteiger partial charge in [-0.25, -0.2) is 9.97 Å². The first-order valence-electron chi connectivity index (χ1n) is 6.60. The Labute approximate surface area is 122 Å². The van der Waals surface area contributed by atoms with Crippen LogP contribution in [0.1, 0.15) is 21.7 Å². The van der Waals surface area contributed by atoms with Gasteiger partial charge in [-0.15, -0.1) is 0 Å². The van der Waals surface area contributed by atoms with Crippen LogP contribution in [0.2, 0.25) is 0 Å². The van der Waals surface area contributed by atoms with Gasteiger partial charge in [-0.1, -0.05) is 0 Å². The molecule has 5 nitrogen and oxygen atoms in total. The molecular formula is C16H14N4O. The fourth-order valence-electron chi connectivity index (χ4n) is 2.01. The van der Waals surface area contributed by atoms with Crippen molar-refractivity contribution in [3.63, 3.8) is 0 Å². The van der Waals surface area contributed by atoms with Gasteiger partial charge in [0.1, 0.15) is 0 Å². The average molecular weight is 278 g/mol. The number of hydrogen-bond donors (Lipinski definition) is 1. The van der Waals surface area contributed by atoms with Gasteiger partial charge in [-0.3, -0.25) is 9.78 Å². The molecule has 3 aromatic rings. The SMILES string of the molecule is Cc1nc2ccc(NC(=O)c3cccnc3)cc2nc1C. The normalized spacial score (nSPS) is 10.6. The van der Waals surface area contributed by atoms with Crippen LogP contribution < -0.4 is 5.32 Å². The quantitative estimate of drug-likeness (QED) is 0.782. The number of rotatable bonds is 2. The van der Waals surface area contributed by atoms with Gasteiger partial charge in [0, 0.05) is 18.1 Å². The molecule has 0 aliphatic rings. The maximum Gasteiger partial charge on any atom is 0.257 e. The van der Waals surface area contributed by atoms with Crippen LogP contribution in [0.5, 0.6) is 0 Å². The number of aryl methyl sites for hydroxylation is 2. The zero-order chi connectivity index (χ0) is 14.8. The number of benzene rings is 1. The second-order valence-corrected chi connectivity index (χ2v) is 4.79. The minimum absolute atomic E-state index is 0.195. The smallest absolute Gasteiger partial charge is 0.257 e. The topological polar surface area (TPSA) is 67.8 Å². The van der Waals surface area contributed by atoms with Gasteiger partial charge in [-0.2, -0.15) is 0 Å². The number of fused-ring (bicyclic) bond motifs is 1. The number of carbonyl (C=O) groups excluding carboxylic acids is 1. The van der Waals surface area contributed by atoms with Crippen molar-refractivity contribution in [2.24, 2.45) is 0 Å². The lowest BCUT2D eigenvalue weighted by molar-refractivity contribution is 0.102. The van der Waals surface area contributed by atoms with E-state index in [1.54, 1.807) is 18.3 Å². The van der Waals surface area contributed by atoms with E-state index in [4.69, 9.17) is 0 Å². The Morgan fingerprint density at radius 2 is 1.81 bits per heavy atom. The molecular weight excluding hydrogens is 264 g/mol. The van der Waals surface area contributed by atoms with Crippen LogP contribution in [0.4, 0.5) is 5.69 Å². The first kappa shape index (κ1) is 13.2. The molecule has 1 aromatic carbocycles. The monoisotopic (exact) mass is 278 g/mol. The van der Waals surface area contributed by atoms with Gasteiger partial charge < -0.3 is 5.32 Å². The molecule has 0 aliphatic heterocycles. The van der Waals surface area contributed by atoms with E-state index in [0.717, 1.165) is 22.4 Å². The van der Waals surface area contributed by atoms with Gasteiger partial charge in [0.05, 0.1) is 28.0 Å². The number of anilines is 1. The highest BCUT2D eigenvalue weighted by atomic mass is 16.1. The van der Waals surface area contributed by atoms with Crippen molar-refractivity contribution < 1.29 is 4.79 Å². The van der Waals surface area contributed by atoms with E-state index in [2.05, 4.69) is 20.3 Å². The highest BCUT2D eigenvalue weighted by Gasteiger charge is 2.07. The summed E-state index contributed by atoms with van der Waals surface area (Å²) >= 11 is 0. The Hall–Kier alpha value is -2.82. The summed E-state index contributed by atoms with van der Waals surface area (Å²) in [7, 11) is 0. The van der Waals surface area contributed by atoms with Gasteiger partial charge in [0.2, 0.25) is 0 Å². The molecule has 0 aliphatic carbocycles. The third kappa shape index (κ3) is 2.72. The lowest BCUT2D eigenvalue weighted by Crippen LogP contribution is -2.12. The molecule has 0 bridgehead atoms. The third-order valence-electron chi connectivity index (χ3n) is 3.26. The number of aromatic nitrogens is 3. The van der Waals surface area contributed by atoms with Crippen molar-refractivity contribution in [2.45, 2.75) is 13.8 Å². The molecule has 104 valence electrons. The second-order valence-electron chi connectivity index (χ2n) is 4.79. The van der Waals surface area contributed by atoms with Gasteiger partial charge in [-0.05, 0) is 44.2 Å². The zero-order valence-corrected chi connectivity index (χ0v) is 11.8. The largest absolute Gasteiger partial charge is 0.322 e. The molecule has 0 spiro atoms. The van der Waals surface area contributed by atoms with Crippen LogP contribution in [0, 0.1) is 13.8 Å². The predicted molar refractivity (Wildman–Crippen MR) is 81.2 cm³/mol. The Morgan fingerprint density at radius 1 is 1.05 bits per heavy atom. The molecule has 1 N–H and O–H groups in total. The lowest BCUT2D eigenvalue weighted by atomic mass is 10.2. The summed E-state index contributed by atoms with van der Waals surface area (Å²) in [5, 5.41) is 2.84. The van der Waals surface area contributed by atoms with Crippen LogP contribution >= 0.6 is 0 Å². The number of hydrogen-bond acceptors (Lipinski definition) is 4. The Balaban J connectivity index is 1.91. The fraction of sp³-hybridized carbons (Fsp3) is 0.125. The van der Waals surface area contributed by atoms with E-state index in [9.17, 15) is 4.79 Å². The van der Waals surface area contributed by atoms with Gasteiger partial charge in [0.15, 0.2) is 0 Å². The minimum Gasteiger partial charge on any atom is -0.322 e. The molecule has 0 radical (unpaired) electrons. The highest BCUT2D eigenvalue weighted by molar-refractivity contribution is 6.04. The Kier molecular flexibility index (Phi) is 3.31. The van der Waals surface area contributed by atoms with E-state index in [1.807, 2.05) is 32.0 Å². The molecule has 21 heavy (non-hydrogen) atoms. The van der Waals surface area contributed by atoms with Crippen LogP contribution in [0.25, 0.3) is 11.0 Å². The number of pyridine rings is 1. The molecule has 0 atom stereocenters. The van der Waals surface area contributed by atoms with E-state index < -0.39 is 0 Å². The molecule has 0 saturated carbocycles. The summed E-state index contributed by atoms with van der Waals surface area (Å²) in [6, 6.07) is 8.94. The average Bonchev–Trinajstić information content (AvgIpc) is 2.49. The number of nitrogens with zero attached hydrogens (tertiary/aromatic N) is 3. The molecule has 0 saturated heterocycles. The standard InChI is InChI=1S/C16H14N4O/c1-10-11(2)19-15-8-13(5-6-14(15)18-10)20-16(21)12-4-3-7-17-9-12/h3-9H,1-2H3,(H,20,21). The maximum atomic E-state index is 12.1. The zero-order valence-electron chi connectivity index (χ0n) is 11.8. The van der Waals surface area contributed by atoms with E-state index in [0.29, 0.717) is 11.3 Å². The summed E-state index contributed by atoms with van der Waals surface area (Å²) in [6.07, 6.45) is 3.16. The molecule has 5 heteroatoms. The van der Waals surface area contributed by atoms with Crippen molar-refractivity contribution in [1.82, 2.24) is 15.0 Å². The van der Waals surface area contributed by atoms with Gasteiger partial charge >= 0.3 is 0 Å². The molecule has 0 fully saturated rings. The van der Waals surface area contributed by atoms with Crippen LogP contribution in [0.3, 0.4) is 0 Å². The summed E-state index contributed by atoms with van der Waals surface area (Å²) in [5.41, 5.74) is 4.59. The minimum atomic E-state index is -0.195. The summed E-state index contributed by atoms with van der Waals surface area (Å²) < 4.78 is 0. The van der Waals surface area contributed by atoms with Crippen molar-refractivity contribution in [2.75, 3.05) is 5.32 Å². The Morgan fingerprint density at radius 3 is 2.52 bits per heavy atom. The van der Waals surface area contributed by atoms with Crippen molar-refractivity contribution in [3.05, 3.63) is 59.7 Å². The van der Waals surface area contributed by atoms with E-state index in [-0.39, 0.29) is 5.91 Å². The van der Waals surface area contributed by atoms with E-state index in [1.165, 1.54) is 6.20 Å². The van der Waals surface area contributed by atoms with Crippen LogP contribution in [-0.4, -0.2) is 20.9 Å². The van der Waals surface area contributed by atoms with Crippen LogP contribution in [-0.2, 0) is 0 Å². The van der Waals surface area contributed by atoms with E-state index >= 15 is 0 Å². The summed E-state index contributed by atoms with van der Waals surface area (Å²) in [5.74, 6) is -0.195. The van der Waals surface area contributed by atoms with Crippen LogP contribution in [0.15, 0.2) is 42.7 Å². The van der Waals surface area contributed by atoms with Crippen molar-refractivity contribution in [1.29, 1.82) is 0 Å².